The van der Waals surface area contributed by atoms with E-state index in [9.17, 15) is 0 Å². The molecule has 4 heterocycles. The predicted octanol–water partition coefficient (Wildman–Crippen LogP) is 14.2. The molecule has 0 atom stereocenters. The van der Waals surface area contributed by atoms with Crippen LogP contribution in [0.1, 0.15) is 50.7 Å². The minimum atomic E-state index is 0. The van der Waals surface area contributed by atoms with Crippen molar-refractivity contribution in [3.8, 4) is 28.3 Å². The summed E-state index contributed by atoms with van der Waals surface area (Å²) < 4.78 is 15.6. The fourth-order valence-corrected chi connectivity index (χ4v) is 8.22. The monoisotopic (exact) mass is 930 g/mol. The quantitative estimate of drug-likeness (QED) is 0.161. The Kier molecular flexibility index (Phi) is 9.77. The third-order valence-corrected chi connectivity index (χ3v) is 10.9. The summed E-state index contributed by atoms with van der Waals surface area (Å²) in [6, 6.07) is 56.4. The molecule has 0 aliphatic rings. The molecule has 11 rings (SSSR count). The molecular weight excluding hydrogens is 891 g/mol. The molecule has 0 aliphatic heterocycles. The second kappa shape index (κ2) is 15.2. The molecule has 58 heavy (non-hydrogen) atoms. The van der Waals surface area contributed by atoms with E-state index in [2.05, 4.69) is 134 Å². The van der Waals surface area contributed by atoms with Crippen molar-refractivity contribution < 1.29 is 28.9 Å². The Bertz CT molecular complexity index is 3190. The van der Waals surface area contributed by atoms with E-state index in [1.165, 1.54) is 16.8 Å². The molecule has 0 saturated carbocycles. The van der Waals surface area contributed by atoms with Crippen LogP contribution in [-0.4, -0.2) is 14.5 Å². The number of rotatable bonds is 5. The summed E-state index contributed by atoms with van der Waals surface area (Å²) in [5.41, 5.74) is 12.1. The smallest absolute Gasteiger partial charge is 0.143 e. The summed E-state index contributed by atoms with van der Waals surface area (Å²) in [6.07, 6.45) is 1.79. The minimum absolute atomic E-state index is 0. The summed E-state index contributed by atoms with van der Waals surface area (Å²) in [5.74, 6) is 1.50. The van der Waals surface area contributed by atoms with Crippen molar-refractivity contribution in [2.24, 2.45) is 0 Å². The largest absolute Gasteiger partial charge is 0.500 e. The molecule has 0 spiro atoms. The first-order valence-corrected chi connectivity index (χ1v) is 19.5. The van der Waals surface area contributed by atoms with Gasteiger partial charge in [-0.1, -0.05) is 105 Å². The Hall–Kier alpha value is -6.33. The first-order valence-electron chi connectivity index (χ1n) is 19.5. The van der Waals surface area contributed by atoms with E-state index in [0.29, 0.717) is 11.8 Å². The van der Waals surface area contributed by atoms with Crippen LogP contribution in [-0.2, 0) is 20.1 Å². The SMILES string of the molecule is CC(C)c1cccc(C(C)C)c1-n1c(-c2[c-]ccc3c2oc2c3ccc3c2ccc2c4ccccc4oc23)nc2ccccc21.[Ir].[c-]1ccccc1-c1ccccn1. The molecule has 0 fully saturated rings. The Balaban J connectivity index is 0.000000288. The topological polar surface area (TPSA) is 57.0 Å². The van der Waals surface area contributed by atoms with Crippen molar-refractivity contribution in [3.05, 3.63) is 175 Å². The van der Waals surface area contributed by atoms with Gasteiger partial charge in [0.25, 0.3) is 0 Å². The number of fused-ring (bicyclic) bond motifs is 10. The third kappa shape index (κ3) is 6.21. The van der Waals surface area contributed by atoms with Crippen molar-refractivity contribution in [1.29, 1.82) is 0 Å². The van der Waals surface area contributed by atoms with E-state index >= 15 is 0 Å². The van der Waals surface area contributed by atoms with E-state index in [1.54, 1.807) is 6.20 Å². The van der Waals surface area contributed by atoms with Crippen LogP contribution in [0.2, 0.25) is 0 Å². The number of para-hydroxylation sites is 4. The minimum Gasteiger partial charge on any atom is -0.500 e. The van der Waals surface area contributed by atoms with Gasteiger partial charge in [0, 0.05) is 58.9 Å². The molecule has 11 aromatic rings. The maximum absolute atomic E-state index is 6.89. The molecule has 0 unspecified atom stereocenters. The van der Waals surface area contributed by atoms with Crippen LogP contribution >= 0.6 is 0 Å². The number of aromatic nitrogens is 3. The number of furan rings is 2. The number of pyridine rings is 1. The zero-order valence-electron chi connectivity index (χ0n) is 32.6. The average molecular weight is 930 g/mol. The van der Waals surface area contributed by atoms with Gasteiger partial charge in [0.1, 0.15) is 16.7 Å². The molecule has 4 aromatic heterocycles. The molecule has 7 aromatic carbocycles. The van der Waals surface area contributed by atoms with Gasteiger partial charge in [-0.2, -0.15) is 0 Å². The summed E-state index contributed by atoms with van der Waals surface area (Å²) in [6.45, 7) is 9.05. The zero-order valence-corrected chi connectivity index (χ0v) is 35.0. The van der Waals surface area contributed by atoms with Crippen LogP contribution in [0.15, 0.2) is 161 Å². The van der Waals surface area contributed by atoms with Crippen LogP contribution in [0.25, 0.3) is 94.0 Å². The second-order valence-electron chi connectivity index (χ2n) is 15.1. The number of hydrogen-bond donors (Lipinski definition) is 0. The normalized spacial score (nSPS) is 11.6. The summed E-state index contributed by atoms with van der Waals surface area (Å²) >= 11 is 0. The van der Waals surface area contributed by atoms with Gasteiger partial charge in [-0.25, -0.2) is 0 Å². The molecule has 0 saturated heterocycles. The van der Waals surface area contributed by atoms with Gasteiger partial charge < -0.3 is 18.4 Å². The van der Waals surface area contributed by atoms with Gasteiger partial charge in [0.2, 0.25) is 0 Å². The first-order chi connectivity index (χ1) is 28.0. The van der Waals surface area contributed by atoms with Gasteiger partial charge in [-0.3, -0.25) is 4.98 Å². The summed E-state index contributed by atoms with van der Waals surface area (Å²) in [5, 5.41) is 6.42. The van der Waals surface area contributed by atoms with E-state index in [0.717, 1.165) is 88.3 Å². The van der Waals surface area contributed by atoms with E-state index in [-0.39, 0.29) is 20.1 Å². The van der Waals surface area contributed by atoms with Gasteiger partial charge in [-0.05, 0) is 71.1 Å². The van der Waals surface area contributed by atoms with E-state index < -0.39 is 0 Å². The van der Waals surface area contributed by atoms with Crippen molar-refractivity contribution in [2.45, 2.75) is 39.5 Å². The van der Waals surface area contributed by atoms with Crippen LogP contribution in [0.5, 0.6) is 0 Å². The Labute approximate surface area is 350 Å². The van der Waals surface area contributed by atoms with Crippen molar-refractivity contribution >= 4 is 65.7 Å². The number of benzene rings is 7. The fourth-order valence-electron chi connectivity index (χ4n) is 8.22. The van der Waals surface area contributed by atoms with Gasteiger partial charge in [0.15, 0.2) is 0 Å². The van der Waals surface area contributed by atoms with Gasteiger partial charge >= 0.3 is 0 Å². The van der Waals surface area contributed by atoms with E-state index in [1.807, 2.05) is 60.7 Å². The van der Waals surface area contributed by atoms with Crippen molar-refractivity contribution in [2.75, 3.05) is 0 Å². The maximum atomic E-state index is 6.89. The predicted molar refractivity (Wildman–Crippen MR) is 234 cm³/mol. The molecule has 285 valence electrons. The first kappa shape index (κ1) is 37.3. The molecule has 0 aliphatic carbocycles. The van der Waals surface area contributed by atoms with Crippen LogP contribution < -0.4 is 0 Å². The van der Waals surface area contributed by atoms with Crippen molar-refractivity contribution in [1.82, 2.24) is 14.5 Å². The fraction of sp³-hybridized carbons (Fsp3) is 0.115. The van der Waals surface area contributed by atoms with Gasteiger partial charge in [-0.15, -0.1) is 54.1 Å². The maximum Gasteiger partial charge on any atom is 0.143 e. The molecule has 0 amide bonds. The van der Waals surface area contributed by atoms with Crippen LogP contribution in [0, 0.1) is 12.1 Å². The average Bonchev–Trinajstić information content (AvgIpc) is 3.96. The standard InChI is InChI=1S/C41H31N2O2.C11H8N.Ir/c1-23(2)25-12-9-13-26(24(3)4)37(25)43-35-17-7-6-16-34(35)42-41(43)33-15-10-14-28-30-21-22-31-32(39(30)45-40(28)33)20-19-29-27-11-5-8-18-36(27)44-38(29)31;1-2-6-10(7-3-1)11-8-4-5-9-12-11;/h5-14,16-24H,1-4H3;1-6,8-9H;/q2*-1;. The van der Waals surface area contributed by atoms with Crippen molar-refractivity contribution in [3.63, 3.8) is 0 Å². The summed E-state index contributed by atoms with van der Waals surface area (Å²) in [7, 11) is 0. The van der Waals surface area contributed by atoms with E-state index in [4.69, 9.17) is 13.8 Å². The Morgan fingerprint density at radius 1 is 0.534 bits per heavy atom. The van der Waals surface area contributed by atoms with Crippen LogP contribution in [0.4, 0.5) is 0 Å². The zero-order chi connectivity index (χ0) is 38.6. The second-order valence-corrected chi connectivity index (χ2v) is 15.1. The van der Waals surface area contributed by atoms with Crippen LogP contribution in [0.3, 0.4) is 0 Å². The number of hydrogen-bond acceptors (Lipinski definition) is 4. The number of nitrogens with zero attached hydrogens (tertiary/aromatic N) is 3. The Morgan fingerprint density at radius 2 is 1.17 bits per heavy atom. The van der Waals surface area contributed by atoms with Gasteiger partial charge in [0.05, 0.1) is 22.4 Å². The molecular formula is C52H39IrN3O2-2. The molecule has 1 radical (unpaired) electrons. The molecule has 6 heteroatoms. The molecule has 5 nitrogen and oxygen atoms in total. The summed E-state index contributed by atoms with van der Waals surface area (Å²) in [4.78, 5) is 9.48. The third-order valence-electron chi connectivity index (χ3n) is 10.9. The Morgan fingerprint density at radius 3 is 1.86 bits per heavy atom. The molecule has 0 bridgehead atoms. The number of imidazole rings is 1. The molecule has 0 N–H and O–H groups in total.